The van der Waals surface area contributed by atoms with Crippen molar-refractivity contribution in [2.75, 3.05) is 0 Å². The monoisotopic (exact) mass is 225 g/mol. The van der Waals surface area contributed by atoms with Gasteiger partial charge >= 0.3 is 0 Å². The van der Waals surface area contributed by atoms with Crippen molar-refractivity contribution < 1.29 is 9.90 Å². The van der Waals surface area contributed by atoms with Gasteiger partial charge in [-0.25, -0.2) is 0 Å². The Bertz CT molecular complexity index is 413. The fourth-order valence-corrected chi connectivity index (χ4v) is 1.41. The largest absolute Gasteiger partial charge is 0.507 e. The van der Waals surface area contributed by atoms with E-state index in [1.807, 2.05) is 0 Å². The highest BCUT2D eigenvalue weighted by atomic mass is 35.5. The molecule has 3 nitrogen and oxygen atoms in total. The van der Waals surface area contributed by atoms with Crippen molar-refractivity contribution in [2.24, 2.45) is 5.73 Å². The van der Waals surface area contributed by atoms with Crippen LogP contribution in [-0.2, 0) is 10.7 Å². The van der Waals surface area contributed by atoms with Gasteiger partial charge in [-0.1, -0.05) is 6.07 Å². The second kappa shape index (κ2) is 4.84. The van der Waals surface area contributed by atoms with Crippen LogP contribution in [-0.4, -0.2) is 11.0 Å². The molecule has 0 saturated heterocycles. The van der Waals surface area contributed by atoms with E-state index in [9.17, 15) is 9.90 Å². The number of aryl methyl sites for hydroxylation is 1. The molecule has 0 fully saturated rings. The predicted molar refractivity (Wildman–Crippen MR) is 60.6 cm³/mol. The number of primary amides is 1. The van der Waals surface area contributed by atoms with Crippen molar-refractivity contribution in [3.05, 3.63) is 34.9 Å². The van der Waals surface area contributed by atoms with Crippen molar-refractivity contribution in [1.29, 1.82) is 0 Å². The number of amides is 1. The van der Waals surface area contributed by atoms with E-state index in [4.69, 9.17) is 17.3 Å². The first-order valence-corrected chi connectivity index (χ1v) is 4.94. The van der Waals surface area contributed by atoms with Crippen molar-refractivity contribution in [2.45, 2.75) is 12.8 Å². The highest BCUT2D eigenvalue weighted by Gasteiger charge is 2.04. The van der Waals surface area contributed by atoms with Crippen LogP contribution in [0.15, 0.2) is 18.2 Å². The molecule has 0 saturated carbocycles. The van der Waals surface area contributed by atoms with Crippen LogP contribution in [0.1, 0.15) is 16.7 Å². The molecule has 0 spiro atoms. The number of hydrogen-bond acceptors (Lipinski definition) is 2. The van der Waals surface area contributed by atoms with Crippen LogP contribution in [0.5, 0.6) is 5.75 Å². The topological polar surface area (TPSA) is 63.3 Å². The van der Waals surface area contributed by atoms with E-state index in [1.54, 1.807) is 19.1 Å². The molecule has 0 unspecified atom stereocenters. The molecule has 4 heteroatoms. The van der Waals surface area contributed by atoms with E-state index in [0.717, 1.165) is 11.1 Å². The van der Waals surface area contributed by atoms with Gasteiger partial charge in [-0.05, 0) is 30.2 Å². The summed E-state index contributed by atoms with van der Waals surface area (Å²) in [4.78, 5) is 10.6. The second-order valence-corrected chi connectivity index (χ2v) is 3.49. The van der Waals surface area contributed by atoms with Crippen molar-refractivity contribution in [3.63, 3.8) is 0 Å². The number of rotatable bonds is 3. The van der Waals surface area contributed by atoms with Crippen molar-refractivity contribution in [1.82, 2.24) is 0 Å². The maximum atomic E-state index is 10.6. The lowest BCUT2D eigenvalue weighted by atomic mass is 10.1. The third-order valence-corrected chi connectivity index (χ3v) is 2.28. The molecule has 0 bridgehead atoms. The minimum Gasteiger partial charge on any atom is -0.507 e. The number of carbonyl (C=O) groups excluding carboxylic acids is 1. The highest BCUT2D eigenvalue weighted by molar-refractivity contribution is 6.17. The summed E-state index contributed by atoms with van der Waals surface area (Å²) in [5, 5.41) is 9.68. The quantitative estimate of drug-likeness (QED) is 0.610. The SMILES string of the molecule is Cc1cc(CCl)cc(/C=C\C(N)=O)c1O. The van der Waals surface area contributed by atoms with Gasteiger partial charge in [0.2, 0.25) is 5.91 Å². The number of aromatic hydroxyl groups is 1. The van der Waals surface area contributed by atoms with Gasteiger partial charge in [0.25, 0.3) is 0 Å². The fourth-order valence-electron chi connectivity index (χ4n) is 1.26. The van der Waals surface area contributed by atoms with Gasteiger partial charge in [-0.3, -0.25) is 4.79 Å². The molecule has 0 aliphatic carbocycles. The zero-order chi connectivity index (χ0) is 11.4. The molecule has 80 valence electrons. The summed E-state index contributed by atoms with van der Waals surface area (Å²) in [7, 11) is 0. The van der Waals surface area contributed by atoms with Crippen molar-refractivity contribution >= 4 is 23.6 Å². The summed E-state index contributed by atoms with van der Waals surface area (Å²) in [5.41, 5.74) is 7.12. The molecule has 1 aromatic carbocycles. The number of phenols is 1. The van der Waals surface area contributed by atoms with Crippen LogP contribution in [0.3, 0.4) is 0 Å². The summed E-state index contributed by atoms with van der Waals surface area (Å²) in [6.45, 7) is 1.77. The van der Waals surface area contributed by atoms with Gasteiger partial charge in [0, 0.05) is 17.5 Å². The van der Waals surface area contributed by atoms with Crippen LogP contribution in [0.25, 0.3) is 6.08 Å². The Morgan fingerprint density at radius 1 is 1.60 bits per heavy atom. The maximum Gasteiger partial charge on any atom is 0.241 e. The smallest absolute Gasteiger partial charge is 0.241 e. The first-order chi connectivity index (χ1) is 7.04. The fraction of sp³-hybridized carbons (Fsp3) is 0.182. The molecule has 15 heavy (non-hydrogen) atoms. The van der Waals surface area contributed by atoms with E-state index in [0.29, 0.717) is 11.4 Å². The number of carbonyl (C=O) groups is 1. The first-order valence-electron chi connectivity index (χ1n) is 4.40. The lowest BCUT2D eigenvalue weighted by Gasteiger charge is -2.05. The van der Waals surface area contributed by atoms with Crippen molar-refractivity contribution in [3.8, 4) is 5.75 Å². The molecule has 1 amide bonds. The molecule has 0 aliphatic rings. The van der Waals surface area contributed by atoms with Crippen LogP contribution in [0.4, 0.5) is 0 Å². The number of halogens is 1. The van der Waals surface area contributed by atoms with Gasteiger partial charge in [0.05, 0.1) is 0 Å². The number of alkyl halides is 1. The molecule has 0 radical (unpaired) electrons. The zero-order valence-corrected chi connectivity index (χ0v) is 9.08. The average molecular weight is 226 g/mol. The first kappa shape index (κ1) is 11.6. The Labute approximate surface area is 93.2 Å². The van der Waals surface area contributed by atoms with Crippen LogP contribution < -0.4 is 5.73 Å². The number of benzene rings is 1. The number of phenolic OH excluding ortho intramolecular Hbond substituents is 1. The third-order valence-electron chi connectivity index (χ3n) is 1.97. The molecular weight excluding hydrogens is 214 g/mol. The second-order valence-electron chi connectivity index (χ2n) is 3.22. The summed E-state index contributed by atoms with van der Waals surface area (Å²) < 4.78 is 0. The third kappa shape index (κ3) is 2.99. The Balaban J connectivity index is 3.16. The van der Waals surface area contributed by atoms with E-state index in [1.165, 1.54) is 12.2 Å². The minimum absolute atomic E-state index is 0.140. The molecule has 1 aromatic rings. The molecule has 0 heterocycles. The predicted octanol–water partition coefficient (Wildman–Crippen LogP) is 1.94. The Morgan fingerprint density at radius 2 is 2.27 bits per heavy atom. The average Bonchev–Trinajstić information content (AvgIpc) is 2.19. The molecule has 3 N–H and O–H groups in total. The lowest BCUT2D eigenvalue weighted by Crippen LogP contribution is -2.05. The van der Waals surface area contributed by atoms with Gasteiger partial charge < -0.3 is 10.8 Å². The summed E-state index contributed by atoms with van der Waals surface area (Å²) in [5.74, 6) is -0.0527. The summed E-state index contributed by atoms with van der Waals surface area (Å²) in [6, 6.07) is 3.51. The normalized spacial score (nSPS) is 10.8. The Kier molecular flexibility index (Phi) is 3.74. The van der Waals surface area contributed by atoms with E-state index in [-0.39, 0.29) is 5.75 Å². The van der Waals surface area contributed by atoms with Crippen LogP contribution in [0.2, 0.25) is 0 Å². The van der Waals surface area contributed by atoms with Gasteiger partial charge in [-0.15, -0.1) is 11.6 Å². The molecule has 0 atom stereocenters. The molecule has 0 aromatic heterocycles. The highest BCUT2D eigenvalue weighted by Crippen LogP contribution is 2.25. The summed E-state index contributed by atoms with van der Waals surface area (Å²) >= 11 is 5.69. The van der Waals surface area contributed by atoms with Gasteiger partial charge in [-0.2, -0.15) is 0 Å². The molecule has 0 aliphatic heterocycles. The van der Waals surface area contributed by atoms with E-state index in [2.05, 4.69) is 0 Å². The van der Waals surface area contributed by atoms with Crippen LogP contribution >= 0.6 is 11.6 Å². The Hall–Kier alpha value is -1.48. The zero-order valence-electron chi connectivity index (χ0n) is 8.33. The van der Waals surface area contributed by atoms with E-state index < -0.39 is 5.91 Å². The minimum atomic E-state index is -0.552. The molecular formula is C11H12ClNO2. The van der Waals surface area contributed by atoms with Crippen LogP contribution in [0, 0.1) is 6.92 Å². The maximum absolute atomic E-state index is 10.6. The lowest BCUT2D eigenvalue weighted by molar-refractivity contribution is -0.113. The molecule has 1 rings (SSSR count). The summed E-state index contributed by atoms with van der Waals surface area (Å²) in [6.07, 6.45) is 2.67. The van der Waals surface area contributed by atoms with Gasteiger partial charge in [0.1, 0.15) is 5.75 Å². The van der Waals surface area contributed by atoms with E-state index >= 15 is 0 Å². The Morgan fingerprint density at radius 3 is 2.80 bits per heavy atom. The van der Waals surface area contributed by atoms with Gasteiger partial charge in [0.15, 0.2) is 0 Å². The number of nitrogens with two attached hydrogens (primary N) is 1. The number of hydrogen-bond donors (Lipinski definition) is 2. The standard InChI is InChI=1S/C11H12ClNO2/c1-7-4-8(6-12)5-9(11(7)15)2-3-10(13)14/h2-5,15H,6H2,1H3,(H2,13,14)/b3-2-.